The maximum absolute atomic E-state index is 5.79. The molecule has 6 nitrogen and oxygen atoms in total. The number of hydrazine groups is 1. The SMILES string of the molecule is NNc1ccc(-c2ccnc(N)n2)cc1N. The molecule has 7 N–H and O–H groups in total. The van der Waals surface area contributed by atoms with Gasteiger partial charge in [0.2, 0.25) is 5.95 Å². The molecule has 0 saturated heterocycles. The molecule has 1 heterocycles. The Morgan fingerprint density at radius 1 is 1.12 bits per heavy atom. The molecule has 0 bridgehead atoms. The van der Waals surface area contributed by atoms with Crippen LogP contribution in [0.2, 0.25) is 0 Å². The quantitative estimate of drug-likeness (QED) is 0.332. The molecule has 1 aromatic heterocycles. The lowest BCUT2D eigenvalue weighted by molar-refractivity contribution is 1.19. The number of nitrogen functional groups attached to an aromatic ring is 3. The maximum atomic E-state index is 5.79. The largest absolute Gasteiger partial charge is 0.397 e. The van der Waals surface area contributed by atoms with Gasteiger partial charge in [0, 0.05) is 11.8 Å². The Morgan fingerprint density at radius 2 is 1.94 bits per heavy atom. The van der Waals surface area contributed by atoms with E-state index in [4.69, 9.17) is 17.3 Å². The van der Waals surface area contributed by atoms with Crippen molar-refractivity contribution in [3.05, 3.63) is 30.5 Å². The predicted octanol–water partition coefficient (Wildman–Crippen LogP) is 0.594. The van der Waals surface area contributed by atoms with Gasteiger partial charge in [-0.05, 0) is 18.2 Å². The van der Waals surface area contributed by atoms with Gasteiger partial charge < -0.3 is 16.9 Å². The third-order valence-electron chi connectivity index (χ3n) is 2.18. The zero-order chi connectivity index (χ0) is 11.5. The second-order valence-corrected chi connectivity index (χ2v) is 3.25. The summed E-state index contributed by atoms with van der Waals surface area (Å²) in [4.78, 5) is 7.92. The first kappa shape index (κ1) is 10.2. The van der Waals surface area contributed by atoms with Crippen LogP contribution in [-0.2, 0) is 0 Å². The highest BCUT2D eigenvalue weighted by molar-refractivity contribution is 5.74. The van der Waals surface area contributed by atoms with Crippen molar-refractivity contribution in [2.75, 3.05) is 16.9 Å². The van der Waals surface area contributed by atoms with E-state index >= 15 is 0 Å². The third-order valence-corrected chi connectivity index (χ3v) is 2.18. The van der Waals surface area contributed by atoms with Crippen LogP contribution in [0.1, 0.15) is 0 Å². The number of anilines is 3. The third kappa shape index (κ3) is 1.86. The average Bonchev–Trinajstić information content (AvgIpc) is 2.29. The van der Waals surface area contributed by atoms with Gasteiger partial charge in [-0.3, -0.25) is 5.84 Å². The molecule has 2 rings (SSSR count). The Bertz CT molecular complexity index is 510. The second-order valence-electron chi connectivity index (χ2n) is 3.25. The van der Waals surface area contributed by atoms with Crippen LogP contribution >= 0.6 is 0 Å². The van der Waals surface area contributed by atoms with Crippen LogP contribution in [0.5, 0.6) is 0 Å². The monoisotopic (exact) mass is 216 g/mol. The van der Waals surface area contributed by atoms with Gasteiger partial charge >= 0.3 is 0 Å². The highest BCUT2D eigenvalue weighted by atomic mass is 15.2. The Labute approximate surface area is 92.5 Å². The molecule has 16 heavy (non-hydrogen) atoms. The summed E-state index contributed by atoms with van der Waals surface area (Å²) in [5.74, 6) is 5.52. The molecule has 0 aliphatic carbocycles. The molecule has 0 saturated carbocycles. The summed E-state index contributed by atoms with van der Waals surface area (Å²) in [7, 11) is 0. The van der Waals surface area contributed by atoms with E-state index in [2.05, 4.69) is 15.4 Å². The maximum Gasteiger partial charge on any atom is 0.220 e. The van der Waals surface area contributed by atoms with Crippen LogP contribution in [0, 0.1) is 0 Å². The number of nitrogens with two attached hydrogens (primary N) is 3. The van der Waals surface area contributed by atoms with Gasteiger partial charge in [-0.2, -0.15) is 0 Å². The summed E-state index contributed by atoms with van der Waals surface area (Å²) < 4.78 is 0. The van der Waals surface area contributed by atoms with Crippen LogP contribution in [0.15, 0.2) is 30.5 Å². The summed E-state index contributed by atoms with van der Waals surface area (Å²) in [6.45, 7) is 0. The molecule has 2 aromatic rings. The first-order valence-electron chi connectivity index (χ1n) is 4.66. The average molecular weight is 216 g/mol. The fourth-order valence-corrected chi connectivity index (χ4v) is 1.39. The summed E-state index contributed by atoms with van der Waals surface area (Å²) in [6, 6.07) is 7.17. The minimum Gasteiger partial charge on any atom is -0.397 e. The first-order valence-corrected chi connectivity index (χ1v) is 4.66. The second kappa shape index (κ2) is 4.03. The molecule has 0 unspecified atom stereocenters. The van der Waals surface area contributed by atoms with E-state index in [0.717, 1.165) is 11.3 Å². The molecule has 0 amide bonds. The van der Waals surface area contributed by atoms with E-state index < -0.39 is 0 Å². The van der Waals surface area contributed by atoms with E-state index in [1.807, 2.05) is 6.07 Å². The van der Waals surface area contributed by atoms with Gasteiger partial charge in [0.15, 0.2) is 0 Å². The predicted molar refractivity (Wildman–Crippen MR) is 64.1 cm³/mol. The molecule has 0 spiro atoms. The fourth-order valence-electron chi connectivity index (χ4n) is 1.39. The van der Waals surface area contributed by atoms with Crippen molar-refractivity contribution in [1.82, 2.24) is 9.97 Å². The summed E-state index contributed by atoms with van der Waals surface area (Å²) >= 11 is 0. The van der Waals surface area contributed by atoms with Gasteiger partial charge in [0.1, 0.15) is 0 Å². The van der Waals surface area contributed by atoms with Crippen LogP contribution in [-0.4, -0.2) is 9.97 Å². The Morgan fingerprint density at radius 3 is 2.56 bits per heavy atom. The van der Waals surface area contributed by atoms with E-state index in [1.165, 1.54) is 0 Å². The van der Waals surface area contributed by atoms with Gasteiger partial charge in [-0.15, -0.1) is 0 Å². The van der Waals surface area contributed by atoms with Crippen LogP contribution in [0.4, 0.5) is 17.3 Å². The summed E-state index contributed by atoms with van der Waals surface area (Å²) in [5.41, 5.74) is 16.6. The minimum absolute atomic E-state index is 0.233. The highest BCUT2D eigenvalue weighted by Gasteiger charge is 2.03. The van der Waals surface area contributed by atoms with Crippen molar-refractivity contribution in [3.63, 3.8) is 0 Å². The van der Waals surface area contributed by atoms with Crippen LogP contribution in [0.3, 0.4) is 0 Å². The van der Waals surface area contributed by atoms with Crippen molar-refractivity contribution in [1.29, 1.82) is 0 Å². The van der Waals surface area contributed by atoms with Gasteiger partial charge in [0.25, 0.3) is 0 Å². The molecular weight excluding hydrogens is 204 g/mol. The molecule has 0 fully saturated rings. The number of rotatable bonds is 2. The van der Waals surface area contributed by atoms with Crippen molar-refractivity contribution < 1.29 is 0 Å². The number of aromatic nitrogens is 2. The Kier molecular flexibility index (Phi) is 2.57. The topological polar surface area (TPSA) is 116 Å². The lowest BCUT2D eigenvalue weighted by atomic mass is 10.1. The van der Waals surface area contributed by atoms with E-state index in [-0.39, 0.29) is 5.95 Å². The Balaban J connectivity index is 2.45. The molecule has 0 aliphatic heterocycles. The molecule has 6 heteroatoms. The van der Waals surface area contributed by atoms with Crippen molar-refractivity contribution in [2.45, 2.75) is 0 Å². The molecule has 0 radical (unpaired) electrons. The van der Waals surface area contributed by atoms with Crippen molar-refractivity contribution in [3.8, 4) is 11.3 Å². The Hall–Kier alpha value is -2.34. The zero-order valence-corrected chi connectivity index (χ0v) is 8.51. The van der Waals surface area contributed by atoms with Crippen LogP contribution < -0.4 is 22.7 Å². The number of hydrogen-bond donors (Lipinski definition) is 4. The lowest BCUT2D eigenvalue weighted by Crippen LogP contribution is -2.08. The van der Waals surface area contributed by atoms with Crippen molar-refractivity contribution >= 4 is 17.3 Å². The smallest absolute Gasteiger partial charge is 0.220 e. The first-order chi connectivity index (χ1) is 7.70. The van der Waals surface area contributed by atoms with Gasteiger partial charge in [-0.1, -0.05) is 6.07 Å². The number of hydrogen-bond acceptors (Lipinski definition) is 6. The molecule has 0 atom stereocenters. The molecule has 0 aliphatic rings. The van der Waals surface area contributed by atoms with Crippen molar-refractivity contribution in [2.24, 2.45) is 5.84 Å². The van der Waals surface area contributed by atoms with Gasteiger partial charge in [-0.25, -0.2) is 9.97 Å². The molecular formula is C10H12N6. The van der Waals surface area contributed by atoms with E-state index in [9.17, 15) is 0 Å². The normalized spacial score (nSPS) is 10.1. The zero-order valence-electron chi connectivity index (χ0n) is 8.51. The lowest BCUT2D eigenvalue weighted by Gasteiger charge is -2.07. The van der Waals surface area contributed by atoms with Crippen LogP contribution in [0.25, 0.3) is 11.3 Å². The summed E-state index contributed by atoms with van der Waals surface area (Å²) in [6.07, 6.45) is 1.60. The number of nitrogens with zero attached hydrogens (tertiary/aromatic N) is 2. The molecule has 82 valence electrons. The summed E-state index contributed by atoms with van der Waals surface area (Å²) in [5, 5.41) is 0. The fraction of sp³-hybridized carbons (Fsp3) is 0. The standard InChI is InChI=1S/C10H12N6/c11-7-5-6(1-2-9(7)16-13)8-3-4-14-10(12)15-8/h1-5,16H,11,13H2,(H2,12,14,15). The van der Waals surface area contributed by atoms with E-state index in [0.29, 0.717) is 11.4 Å². The molecule has 1 aromatic carbocycles. The minimum atomic E-state index is 0.233. The van der Waals surface area contributed by atoms with E-state index in [1.54, 1.807) is 24.4 Å². The number of nitrogens with one attached hydrogen (secondary N) is 1. The highest BCUT2D eigenvalue weighted by Crippen LogP contribution is 2.25. The van der Waals surface area contributed by atoms with Gasteiger partial charge in [0.05, 0.1) is 17.1 Å². The number of benzene rings is 1.